The van der Waals surface area contributed by atoms with Gasteiger partial charge >= 0.3 is 0 Å². The Morgan fingerprint density at radius 3 is 1.82 bits per heavy atom. The summed E-state index contributed by atoms with van der Waals surface area (Å²) in [5, 5.41) is 12.3. The largest absolute Gasteiger partial charge is 0.339 e. The average molecular weight is 679 g/mol. The second kappa shape index (κ2) is 15.2. The van der Waals surface area contributed by atoms with Crippen LogP contribution in [0.2, 0.25) is 0 Å². The molecule has 10 rings (SSSR count). The van der Waals surface area contributed by atoms with Crippen molar-refractivity contribution in [3.05, 3.63) is 108 Å². The van der Waals surface area contributed by atoms with Gasteiger partial charge in [0.05, 0.1) is 46.2 Å². The molecule has 0 radical (unpaired) electrons. The standard InChI is InChI=1S/C20H21N5.C15H13N5.C5H8O/c1-4-8-18-14(5-1)9-15(10-21-18)24-20-17-11-25(16-6-2-3-7-16)12-19(17)22-13-23-20;1-2-4-13-10(3-1)5-11(6-17-13)20-15-12-7-16-8-14(12)18-9-19-15;6-5-3-1-2-4-5/h1,4-5,8-10,13,16H,2-3,6-7,11-12H2,(H,22,23,24);1-6,9,16H,7-8H2,(H,18,19,20);1-4H2. The third kappa shape index (κ3) is 7.69. The first-order valence-electron chi connectivity index (χ1n) is 18.0. The number of carbonyl (C=O) groups is 1. The number of pyridine rings is 2. The quantitative estimate of drug-likeness (QED) is 0.167. The predicted octanol–water partition coefficient (Wildman–Crippen LogP) is 7.53. The lowest BCUT2D eigenvalue weighted by molar-refractivity contribution is -0.117. The molecule has 2 aromatic carbocycles. The molecule has 4 aromatic heterocycles. The van der Waals surface area contributed by atoms with E-state index in [1.54, 1.807) is 12.7 Å². The molecule has 0 amide bonds. The van der Waals surface area contributed by atoms with E-state index < -0.39 is 0 Å². The van der Waals surface area contributed by atoms with Gasteiger partial charge in [0.2, 0.25) is 0 Å². The van der Waals surface area contributed by atoms with Crippen LogP contribution in [0.25, 0.3) is 21.8 Å². The molecule has 6 heterocycles. The maximum atomic E-state index is 10.2. The molecule has 4 aliphatic rings. The van der Waals surface area contributed by atoms with Gasteiger partial charge in [0, 0.05) is 67.0 Å². The molecule has 258 valence electrons. The molecule has 2 fully saturated rings. The Balaban J connectivity index is 0.000000128. The Morgan fingerprint density at radius 1 is 0.627 bits per heavy atom. The lowest BCUT2D eigenvalue weighted by Gasteiger charge is -2.22. The van der Waals surface area contributed by atoms with Crippen molar-refractivity contribution in [3.63, 3.8) is 0 Å². The van der Waals surface area contributed by atoms with E-state index in [1.807, 2.05) is 48.8 Å². The molecule has 51 heavy (non-hydrogen) atoms. The van der Waals surface area contributed by atoms with Crippen LogP contribution in [0.5, 0.6) is 0 Å². The first kappa shape index (κ1) is 32.8. The second-order valence-electron chi connectivity index (χ2n) is 13.6. The van der Waals surface area contributed by atoms with Crippen LogP contribution in [0, 0.1) is 0 Å². The van der Waals surface area contributed by atoms with Gasteiger partial charge in [0.25, 0.3) is 0 Å². The maximum absolute atomic E-state index is 10.2. The van der Waals surface area contributed by atoms with Crippen LogP contribution in [-0.4, -0.2) is 46.6 Å². The van der Waals surface area contributed by atoms with Crippen LogP contribution in [-0.2, 0) is 31.0 Å². The number of hydrogen-bond donors (Lipinski definition) is 3. The summed E-state index contributed by atoms with van der Waals surface area (Å²) in [7, 11) is 0. The normalized spacial score (nSPS) is 16.7. The summed E-state index contributed by atoms with van der Waals surface area (Å²) in [6, 6.07) is 21.1. The molecular formula is C40H42N10O. The smallest absolute Gasteiger partial charge is 0.138 e. The lowest BCUT2D eigenvalue weighted by Crippen LogP contribution is -2.27. The van der Waals surface area contributed by atoms with E-state index in [1.165, 1.54) is 31.2 Å². The summed E-state index contributed by atoms with van der Waals surface area (Å²) in [5.74, 6) is 2.23. The van der Waals surface area contributed by atoms with Gasteiger partial charge in [-0.3, -0.25) is 19.7 Å². The van der Waals surface area contributed by atoms with Gasteiger partial charge in [-0.15, -0.1) is 0 Å². The number of aromatic nitrogens is 6. The highest BCUT2D eigenvalue weighted by Crippen LogP contribution is 2.34. The number of rotatable bonds is 5. The molecule has 0 unspecified atom stereocenters. The summed E-state index contributed by atoms with van der Waals surface area (Å²) in [6.07, 6.45) is 16.3. The number of anilines is 4. The number of hydrogen-bond acceptors (Lipinski definition) is 11. The number of carbonyl (C=O) groups excluding carboxylic acids is 1. The molecule has 6 aromatic rings. The van der Waals surface area contributed by atoms with Gasteiger partial charge < -0.3 is 16.0 Å². The Morgan fingerprint density at radius 2 is 1.22 bits per heavy atom. The Bertz CT molecular complexity index is 2160. The second-order valence-corrected chi connectivity index (χ2v) is 13.6. The fourth-order valence-electron chi connectivity index (χ4n) is 7.36. The predicted molar refractivity (Wildman–Crippen MR) is 200 cm³/mol. The van der Waals surface area contributed by atoms with Crippen molar-refractivity contribution in [1.82, 2.24) is 40.1 Å². The van der Waals surface area contributed by atoms with E-state index >= 15 is 0 Å². The maximum Gasteiger partial charge on any atom is 0.138 e. The van der Waals surface area contributed by atoms with E-state index in [9.17, 15) is 4.79 Å². The minimum absolute atomic E-state index is 0.454. The van der Waals surface area contributed by atoms with Crippen LogP contribution < -0.4 is 16.0 Å². The molecule has 0 saturated heterocycles. The number of para-hydroxylation sites is 2. The molecule has 0 atom stereocenters. The first-order valence-corrected chi connectivity index (χ1v) is 18.0. The van der Waals surface area contributed by atoms with Crippen molar-refractivity contribution in [3.8, 4) is 0 Å². The average Bonchev–Trinajstić information content (AvgIpc) is 4.01. The van der Waals surface area contributed by atoms with Crippen LogP contribution in [0.15, 0.2) is 85.7 Å². The lowest BCUT2D eigenvalue weighted by atomic mass is 10.2. The minimum atomic E-state index is 0.454. The zero-order valence-electron chi connectivity index (χ0n) is 28.7. The minimum Gasteiger partial charge on any atom is -0.339 e. The van der Waals surface area contributed by atoms with Crippen LogP contribution in [0.3, 0.4) is 0 Å². The van der Waals surface area contributed by atoms with Gasteiger partial charge in [-0.2, -0.15) is 0 Å². The van der Waals surface area contributed by atoms with Crippen molar-refractivity contribution < 1.29 is 4.79 Å². The van der Waals surface area contributed by atoms with Gasteiger partial charge in [0.15, 0.2) is 0 Å². The molecule has 3 N–H and O–H groups in total. The highest BCUT2D eigenvalue weighted by molar-refractivity contribution is 5.83. The highest BCUT2D eigenvalue weighted by Gasteiger charge is 2.30. The highest BCUT2D eigenvalue weighted by atomic mass is 16.1. The Hall–Kier alpha value is -5.39. The molecule has 2 aliphatic carbocycles. The summed E-state index contributed by atoms with van der Waals surface area (Å²) in [4.78, 5) is 39.4. The Kier molecular flexibility index (Phi) is 9.80. The summed E-state index contributed by atoms with van der Waals surface area (Å²) < 4.78 is 0. The third-order valence-corrected chi connectivity index (χ3v) is 10.1. The van der Waals surface area contributed by atoms with Crippen molar-refractivity contribution in [2.75, 3.05) is 10.6 Å². The molecule has 11 nitrogen and oxygen atoms in total. The molecule has 2 aliphatic heterocycles. The van der Waals surface area contributed by atoms with E-state index in [-0.39, 0.29) is 0 Å². The van der Waals surface area contributed by atoms with Crippen LogP contribution in [0.4, 0.5) is 23.0 Å². The third-order valence-electron chi connectivity index (χ3n) is 10.1. The number of fused-ring (bicyclic) bond motifs is 4. The van der Waals surface area contributed by atoms with Crippen molar-refractivity contribution in [1.29, 1.82) is 0 Å². The fraction of sp³-hybridized carbons (Fsp3) is 0.325. The molecule has 11 heteroatoms. The number of nitrogens with one attached hydrogen (secondary N) is 3. The van der Waals surface area contributed by atoms with Gasteiger partial charge in [-0.1, -0.05) is 49.2 Å². The van der Waals surface area contributed by atoms with Gasteiger partial charge in [-0.05, 0) is 49.9 Å². The van der Waals surface area contributed by atoms with Crippen molar-refractivity contribution >= 4 is 50.6 Å². The zero-order chi connectivity index (χ0) is 34.4. The van der Waals surface area contributed by atoms with Crippen LogP contribution >= 0.6 is 0 Å². The summed E-state index contributed by atoms with van der Waals surface area (Å²) >= 11 is 0. The summed E-state index contributed by atoms with van der Waals surface area (Å²) in [5.41, 5.74) is 8.52. The topological polar surface area (TPSA) is 134 Å². The summed E-state index contributed by atoms with van der Waals surface area (Å²) in [6.45, 7) is 3.51. The fourth-order valence-corrected chi connectivity index (χ4v) is 7.36. The zero-order valence-corrected chi connectivity index (χ0v) is 28.7. The van der Waals surface area contributed by atoms with E-state index in [4.69, 9.17) is 0 Å². The monoisotopic (exact) mass is 678 g/mol. The molecule has 0 spiro atoms. The number of ketones is 1. The van der Waals surface area contributed by atoms with Gasteiger partial charge in [0.1, 0.15) is 30.1 Å². The Labute approximate surface area is 297 Å². The van der Waals surface area contributed by atoms with E-state index in [2.05, 4.69) is 75.0 Å². The van der Waals surface area contributed by atoms with E-state index in [0.29, 0.717) is 11.8 Å². The molecule has 2 saturated carbocycles. The van der Waals surface area contributed by atoms with Crippen molar-refractivity contribution in [2.24, 2.45) is 0 Å². The SMILES string of the molecule is O=C1CCCC1.c1ccc2ncc(Nc3ncnc4c3CN(C3CCCC3)C4)cc2c1.c1ccc2ncc(Nc3ncnc4c3CNC4)cc2c1. The van der Waals surface area contributed by atoms with E-state index in [0.717, 1.165) is 114 Å². The first-order chi connectivity index (χ1) is 25.2. The molecule has 0 bridgehead atoms. The number of Topliss-reactive ketones (excluding diaryl/α,β-unsaturated/α-hetero) is 1. The molecular weight excluding hydrogens is 637 g/mol. The van der Waals surface area contributed by atoms with Crippen molar-refractivity contribution in [2.45, 2.75) is 83.6 Å². The number of benzene rings is 2. The number of nitrogens with zero attached hydrogens (tertiary/aromatic N) is 7. The van der Waals surface area contributed by atoms with Gasteiger partial charge in [-0.25, -0.2) is 19.9 Å². The van der Waals surface area contributed by atoms with Crippen LogP contribution in [0.1, 0.15) is 73.9 Å².